The fraction of sp³-hybridized carbons (Fsp3) is 0.692. The topological polar surface area (TPSA) is 37.8 Å². The van der Waals surface area contributed by atoms with Crippen LogP contribution in [0.4, 0.5) is 5.82 Å². The summed E-state index contributed by atoms with van der Waals surface area (Å²) in [5, 5.41) is 3.42. The Morgan fingerprint density at radius 3 is 2.59 bits per heavy atom. The van der Waals surface area contributed by atoms with Gasteiger partial charge in [0, 0.05) is 12.5 Å². The zero-order valence-electron chi connectivity index (χ0n) is 10.8. The van der Waals surface area contributed by atoms with Crippen LogP contribution in [0.1, 0.15) is 63.4 Å². The highest BCUT2D eigenvalue weighted by Gasteiger charge is 2.28. The fourth-order valence-corrected chi connectivity index (χ4v) is 2.80. The van der Waals surface area contributed by atoms with E-state index >= 15 is 0 Å². The van der Waals surface area contributed by atoms with Crippen LogP contribution in [0.15, 0.2) is 0 Å². The first-order chi connectivity index (χ1) is 8.13. The van der Waals surface area contributed by atoms with E-state index in [1.54, 1.807) is 0 Å². The van der Waals surface area contributed by atoms with E-state index in [-0.39, 0.29) is 0 Å². The Morgan fingerprint density at radius 2 is 2.06 bits per heavy atom. The van der Waals surface area contributed by atoms with E-state index in [0.29, 0.717) is 11.8 Å². The van der Waals surface area contributed by atoms with Gasteiger partial charge in [-0.05, 0) is 47.8 Å². The minimum absolute atomic E-state index is 0.463. The number of nitrogens with zero attached hydrogens (tertiary/aromatic N) is 2. The summed E-state index contributed by atoms with van der Waals surface area (Å²) in [5.74, 6) is 3.16. The van der Waals surface area contributed by atoms with Crippen LogP contribution in [0.25, 0.3) is 0 Å². The smallest absolute Gasteiger partial charge is 0.143 e. The highest BCUT2D eigenvalue weighted by molar-refractivity contribution is 14.1. The maximum absolute atomic E-state index is 4.74. The molecule has 1 saturated carbocycles. The molecule has 0 aromatic carbocycles. The van der Waals surface area contributed by atoms with Crippen LogP contribution < -0.4 is 5.32 Å². The van der Waals surface area contributed by atoms with Crippen molar-refractivity contribution in [1.82, 2.24) is 9.97 Å². The number of aromatic nitrogens is 2. The maximum atomic E-state index is 4.74. The van der Waals surface area contributed by atoms with Gasteiger partial charge in [0.15, 0.2) is 0 Å². The number of anilines is 1. The van der Waals surface area contributed by atoms with Crippen molar-refractivity contribution in [3.8, 4) is 0 Å². The Bertz CT molecular complexity index is 400. The molecule has 17 heavy (non-hydrogen) atoms. The summed E-state index contributed by atoms with van der Waals surface area (Å²) in [5.41, 5.74) is 1.20. The second-order valence-electron chi connectivity index (χ2n) is 4.99. The molecule has 0 spiro atoms. The molecule has 1 aromatic rings. The minimum Gasteiger partial charge on any atom is -0.369 e. The van der Waals surface area contributed by atoms with E-state index < -0.39 is 0 Å². The largest absolute Gasteiger partial charge is 0.369 e. The number of halogens is 1. The summed E-state index contributed by atoms with van der Waals surface area (Å²) in [6.45, 7) is 7.55. The predicted octanol–water partition coefficient (Wildman–Crippen LogP) is 3.90. The number of hydrogen-bond donors (Lipinski definition) is 1. The monoisotopic (exact) mass is 345 g/mol. The van der Waals surface area contributed by atoms with Gasteiger partial charge in [-0.2, -0.15) is 0 Å². The molecule has 0 amide bonds. The second kappa shape index (κ2) is 5.50. The molecule has 1 aromatic heterocycles. The van der Waals surface area contributed by atoms with Crippen LogP contribution >= 0.6 is 22.6 Å². The van der Waals surface area contributed by atoms with E-state index in [9.17, 15) is 0 Å². The van der Waals surface area contributed by atoms with E-state index in [4.69, 9.17) is 4.98 Å². The van der Waals surface area contributed by atoms with Crippen LogP contribution in [-0.4, -0.2) is 16.5 Å². The van der Waals surface area contributed by atoms with Crippen molar-refractivity contribution in [3.63, 3.8) is 0 Å². The van der Waals surface area contributed by atoms with Gasteiger partial charge in [-0.3, -0.25) is 0 Å². The van der Waals surface area contributed by atoms with Crippen LogP contribution in [0.5, 0.6) is 0 Å². The van der Waals surface area contributed by atoms with Crippen LogP contribution in [-0.2, 0) is 0 Å². The molecule has 0 saturated heterocycles. The van der Waals surface area contributed by atoms with E-state index in [0.717, 1.165) is 24.6 Å². The Labute approximate surface area is 117 Å². The van der Waals surface area contributed by atoms with Gasteiger partial charge >= 0.3 is 0 Å². The lowest BCUT2D eigenvalue weighted by atomic mass is 10.1. The molecular formula is C13H20IN3. The van der Waals surface area contributed by atoms with Crippen LogP contribution in [0.2, 0.25) is 0 Å². The summed E-state index contributed by atoms with van der Waals surface area (Å²) in [6.07, 6.45) is 3.63. The first kappa shape index (κ1) is 13.1. The van der Waals surface area contributed by atoms with Crippen molar-refractivity contribution in [2.45, 2.75) is 51.9 Å². The number of rotatable bonds is 5. The maximum Gasteiger partial charge on any atom is 0.143 e. The Kier molecular flexibility index (Phi) is 4.22. The molecule has 2 rings (SSSR count). The number of nitrogens with one attached hydrogen (secondary N) is 1. The third-order valence-corrected chi connectivity index (χ3v) is 3.99. The third-order valence-electron chi connectivity index (χ3n) is 2.93. The summed E-state index contributed by atoms with van der Waals surface area (Å²) in [4.78, 5) is 9.43. The van der Waals surface area contributed by atoms with E-state index in [2.05, 4.69) is 53.7 Å². The molecule has 0 atom stereocenters. The zero-order valence-corrected chi connectivity index (χ0v) is 12.9. The SMILES string of the molecule is CCCNc1nc(C2CC2)nc(C(C)C)c1I. The van der Waals surface area contributed by atoms with E-state index in [1.165, 1.54) is 22.1 Å². The zero-order chi connectivity index (χ0) is 12.4. The predicted molar refractivity (Wildman–Crippen MR) is 79.6 cm³/mol. The van der Waals surface area contributed by atoms with Crippen molar-refractivity contribution in [2.24, 2.45) is 0 Å². The second-order valence-corrected chi connectivity index (χ2v) is 6.06. The lowest BCUT2D eigenvalue weighted by Crippen LogP contribution is -2.11. The lowest BCUT2D eigenvalue weighted by Gasteiger charge is -2.14. The van der Waals surface area contributed by atoms with E-state index in [1.807, 2.05) is 0 Å². The lowest BCUT2D eigenvalue weighted by molar-refractivity contribution is 0.774. The molecule has 4 heteroatoms. The molecule has 1 heterocycles. The van der Waals surface area contributed by atoms with Crippen molar-refractivity contribution < 1.29 is 0 Å². The van der Waals surface area contributed by atoms with Crippen molar-refractivity contribution in [2.75, 3.05) is 11.9 Å². The summed E-state index contributed by atoms with van der Waals surface area (Å²) >= 11 is 2.37. The first-order valence-corrected chi connectivity index (χ1v) is 7.52. The molecule has 1 fully saturated rings. The van der Waals surface area contributed by atoms with Gasteiger partial charge in [-0.15, -0.1) is 0 Å². The molecule has 0 unspecified atom stereocenters. The molecule has 0 bridgehead atoms. The molecule has 1 aliphatic carbocycles. The third kappa shape index (κ3) is 3.09. The van der Waals surface area contributed by atoms with Crippen molar-refractivity contribution in [1.29, 1.82) is 0 Å². The molecule has 94 valence electrons. The van der Waals surface area contributed by atoms with Gasteiger partial charge in [0.2, 0.25) is 0 Å². The average Bonchev–Trinajstić information content (AvgIpc) is 3.11. The molecule has 1 N–H and O–H groups in total. The Morgan fingerprint density at radius 1 is 1.35 bits per heavy atom. The summed E-state index contributed by atoms with van der Waals surface area (Å²) in [6, 6.07) is 0. The van der Waals surface area contributed by atoms with Gasteiger partial charge in [-0.1, -0.05) is 20.8 Å². The molecule has 0 aliphatic heterocycles. The highest BCUT2D eigenvalue weighted by Crippen LogP contribution is 2.39. The minimum atomic E-state index is 0.463. The highest BCUT2D eigenvalue weighted by atomic mass is 127. The van der Waals surface area contributed by atoms with Crippen molar-refractivity contribution in [3.05, 3.63) is 15.1 Å². The fourth-order valence-electron chi connectivity index (χ4n) is 1.75. The average molecular weight is 345 g/mol. The Balaban J connectivity index is 2.34. The normalized spacial score (nSPS) is 15.4. The standard InChI is InChI=1S/C13H20IN3/c1-4-7-15-13-10(14)11(8(2)3)16-12(17-13)9-5-6-9/h8-9H,4-7H2,1-3H3,(H,15,16,17). The molecule has 0 radical (unpaired) electrons. The molecular weight excluding hydrogens is 325 g/mol. The van der Waals surface area contributed by atoms with Gasteiger partial charge in [-0.25, -0.2) is 9.97 Å². The van der Waals surface area contributed by atoms with Gasteiger partial charge in [0.25, 0.3) is 0 Å². The molecule has 3 nitrogen and oxygen atoms in total. The first-order valence-electron chi connectivity index (χ1n) is 6.44. The Hall–Kier alpha value is -0.390. The molecule has 1 aliphatic rings. The van der Waals surface area contributed by atoms with Crippen LogP contribution in [0, 0.1) is 3.57 Å². The summed E-state index contributed by atoms with van der Waals surface area (Å²) < 4.78 is 1.19. The van der Waals surface area contributed by atoms with Crippen molar-refractivity contribution >= 4 is 28.4 Å². The quantitative estimate of drug-likeness (QED) is 0.823. The van der Waals surface area contributed by atoms with Gasteiger partial charge in [0.1, 0.15) is 11.6 Å². The van der Waals surface area contributed by atoms with Gasteiger partial charge < -0.3 is 5.32 Å². The van der Waals surface area contributed by atoms with Gasteiger partial charge in [0.05, 0.1) is 9.26 Å². The number of hydrogen-bond acceptors (Lipinski definition) is 3. The van der Waals surface area contributed by atoms with Crippen LogP contribution in [0.3, 0.4) is 0 Å². The summed E-state index contributed by atoms with van der Waals surface area (Å²) in [7, 11) is 0.